The number of hydrogen-bond acceptors (Lipinski definition) is 5. The summed E-state index contributed by atoms with van der Waals surface area (Å²) in [5, 5.41) is 13.9. The molecule has 8 nitrogen and oxygen atoms in total. The number of carbonyl (C=O) groups excluding carboxylic acids is 2. The Morgan fingerprint density at radius 2 is 2.00 bits per heavy atom. The van der Waals surface area contributed by atoms with Crippen molar-refractivity contribution in [1.29, 1.82) is 0 Å². The molecule has 2 heterocycles. The second-order valence-corrected chi connectivity index (χ2v) is 6.10. The number of carbonyl (C=O) groups is 2. The molecule has 1 N–H and O–H groups in total. The maximum absolute atomic E-state index is 12.2. The quantitative estimate of drug-likeness (QED) is 0.796. The van der Waals surface area contributed by atoms with Gasteiger partial charge in [0.05, 0.1) is 5.69 Å². The van der Waals surface area contributed by atoms with Crippen LogP contribution < -0.4 is 5.32 Å². The van der Waals surface area contributed by atoms with Gasteiger partial charge in [0, 0.05) is 31.6 Å². The minimum Gasteiger partial charge on any atom is -0.352 e. The van der Waals surface area contributed by atoms with Crippen molar-refractivity contribution in [3.63, 3.8) is 0 Å². The predicted molar refractivity (Wildman–Crippen MR) is 91.2 cm³/mol. The van der Waals surface area contributed by atoms with Gasteiger partial charge < -0.3 is 10.2 Å². The maximum Gasteiger partial charge on any atom is 0.251 e. The number of nitrogens with zero attached hydrogens (tertiary/aromatic N) is 5. The van der Waals surface area contributed by atoms with E-state index in [9.17, 15) is 9.59 Å². The number of rotatable bonds is 6. The van der Waals surface area contributed by atoms with Crippen LogP contribution in [0.2, 0.25) is 0 Å². The fraction of sp³-hybridized carbons (Fsp3) is 0.471. The average Bonchev–Trinajstić information content (AvgIpc) is 3.10. The number of aromatic nitrogens is 4. The molecule has 3 rings (SSSR count). The molecule has 25 heavy (non-hydrogen) atoms. The molecule has 0 spiro atoms. The van der Waals surface area contributed by atoms with E-state index in [0.29, 0.717) is 25.1 Å². The molecule has 0 radical (unpaired) electrons. The van der Waals surface area contributed by atoms with Gasteiger partial charge in [0.2, 0.25) is 5.91 Å². The molecule has 2 amide bonds. The Morgan fingerprint density at radius 3 is 2.76 bits per heavy atom. The molecule has 1 aromatic carbocycles. The minimum atomic E-state index is -0.120. The fourth-order valence-corrected chi connectivity index (χ4v) is 2.89. The third-order valence-corrected chi connectivity index (χ3v) is 4.30. The first-order valence-corrected chi connectivity index (χ1v) is 8.63. The summed E-state index contributed by atoms with van der Waals surface area (Å²) in [5.41, 5.74) is 1.38. The Labute approximate surface area is 146 Å². The lowest BCUT2D eigenvalue weighted by Gasteiger charge is -2.20. The molecule has 2 aromatic rings. The van der Waals surface area contributed by atoms with Crippen LogP contribution in [-0.2, 0) is 4.79 Å². The summed E-state index contributed by atoms with van der Waals surface area (Å²) in [4.78, 5) is 26.0. The summed E-state index contributed by atoms with van der Waals surface area (Å²) in [5.74, 6) is 0.118. The zero-order valence-corrected chi connectivity index (χ0v) is 14.1. The predicted octanol–water partition coefficient (Wildman–Crippen LogP) is 1.18. The summed E-state index contributed by atoms with van der Waals surface area (Å²) in [6.45, 7) is 2.10. The van der Waals surface area contributed by atoms with Gasteiger partial charge in [-0.2, -0.15) is 0 Å². The normalized spacial score (nSPS) is 15.0. The van der Waals surface area contributed by atoms with Gasteiger partial charge in [-0.1, -0.05) is 6.42 Å². The number of nitrogens with one attached hydrogen (secondary N) is 1. The SMILES string of the molecule is O=C(NCCCN1CCCCCC1=O)c1ccc(-n2cnnn2)cc1. The summed E-state index contributed by atoms with van der Waals surface area (Å²) in [7, 11) is 0. The van der Waals surface area contributed by atoms with Crippen LogP contribution >= 0.6 is 0 Å². The van der Waals surface area contributed by atoms with E-state index in [1.807, 2.05) is 4.90 Å². The third-order valence-electron chi connectivity index (χ3n) is 4.30. The Bertz CT molecular complexity index is 698. The lowest BCUT2D eigenvalue weighted by Crippen LogP contribution is -2.34. The zero-order chi connectivity index (χ0) is 17.5. The Hall–Kier alpha value is -2.77. The summed E-state index contributed by atoms with van der Waals surface area (Å²) >= 11 is 0. The van der Waals surface area contributed by atoms with Crippen LogP contribution in [0.5, 0.6) is 0 Å². The van der Waals surface area contributed by atoms with Gasteiger partial charge in [0.1, 0.15) is 6.33 Å². The first-order chi connectivity index (χ1) is 12.2. The smallest absolute Gasteiger partial charge is 0.251 e. The van der Waals surface area contributed by atoms with E-state index in [1.165, 1.54) is 11.0 Å². The molecule has 1 fully saturated rings. The van der Waals surface area contributed by atoms with E-state index in [4.69, 9.17) is 0 Å². The lowest BCUT2D eigenvalue weighted by atomic mass is 10.2. The van der Waals surface area contributed by atoms with E-state index >= 15 is 0 Å². The van der Waals surface area contributed by atoms with Gasteiger partial charge in [-0.25, -0.2) is 4.68 Å². The van der Waals surface area contributed by atoms with E-state index in [-0.39, 0.29) is 11.8 Å². The number of amides is 2. The molecular weight excluding hydrogens is 320 g/mol. The van der Waals surface area contributed by atoms with Crippen LogP contribution in [-0.4, -0.2) is 56.6 Å². The van der Waals surface area contributed by atoms with Crippen LogP contribution in [0.3, 0.4) is 0 Å². The molecule has 1 saturated heterocycles. The molecule has 0 bridgehead atoms. The van der Waals surface area contributed by atoms with Crippen molar-refractivity contribution >= 4 is 11.8 Å². The highest BCUT2D eigenvalue weighted by atomic mass is 16.2. The Balaban J connectivity index is 1.44. The standard InChI is InChI=1S/C17H22N6O2/c24-16-5-2-1-3-11-22(16)12-4-10-18-17(25)14-6-8-15(9-7-14)23-13-19-20-21-23/h6-9,13H,1-5,10-12H2,(H,18,25). The summed E-state index contributed by atoms with van der Waals surface area (Å²) < 4.78 is 1.53. The fourth-order valence-electron chi connectivity index (χ4n) is 2.89. The highest BCUT2D eigenvalue weighted by Crippen LogP contribution is 2.11. The highest BCUT2D eigenvalue weighted by Gasteiger charge is 2.15. The molecule has 1 aliphatic rings. The Morgan fingerprint density at radius 1 is 1.16 bits per heavy atom. The van der Waals surface area contributed by atoms with E-state index in [0.717, 1.165) is 37.9 Å². The van der Waals surface area contributed by atoms with Crippen molar-refractivity contribution in [3.8, 4) is 5.69 Å². The van der Waals surface area contributed by atoms with Gasteiger partial charge in [0.25, 0.3) is 5.91 Å². The van der Waals surface area contributed by atoms with Gasteiger partial charge >= 0.3 is 0 Å². The summed E-state index contributed by atoms with van der Waals surface area (Å²) in [6.07, 6.45) is 6.11. The zero-order valence-electron chi connectivity index (χ0n) is 14.1. The first kappa shape index (κ1) is 17.1. The molecule has 1 aromatic heterocycles. The molecule has 0 atom stereocenters. The average molecular weight is 342 g/mol. The van der Waals surface area contributed by atoms with E-state index in [2.05, 4.69) is 20.8 Å². The second kappa shape index (κ2) is 8.36. The maximum atomic E-state index is 12.2. The van der Waals surface area contributed by atoms with Crippen LogP contribution in [0.4, 0.5) is 0 Å². The summed E-state index contributed by atoms with van der Waals surface area (Å²) in [6, 6.07) is 7.07. The highest BCUT2D eigenvalue weighted by molar-refractivity contribution is 5.94. The van der Waals surface area contributed by atoms with Crippen molar-refractivity contribution in [2.75, 3.05) is 19.6 Å². The van der Waals surface area contributed by atoms with Crippen LogP contribution in [0.15, 0.2) is 30.6 Å². The monoisotopic (exact) mass is 342 g/mol. The first-order valence-electron chi connectivity index (χ1n) is 8.63. The van der Waals surface area contributed by atoms with Gasteiger partial charge in [-0.15, -0.1) is 5.10 Å². The number of likely N-dealkylation sites (tertiary alicyclic amines) is 1. The van der Waals surface area contributed by atoms with Gasteiger partial charge in [-0.05, 0) is 54.0 Å². The van der Waals surface area contributed by atoms with Crippen molar-refractivity contribution < 1.29 is 9.59 Å². The van der Waals surface area contributed by atoms with E-state index in [1.54, 1.807) is 24.3 Å². The molecule has 0 unspecified atom stereocenters. The lowest BCUT2D eigenvalue weighted by molar-refractivity contribution is -0.130. The molecule has 0 saturated carbocycles. The molecule has 8 heteroatoms. The molecule has 1 aliphatic heterocycles. The minimum absolute atomic E-state index is 0.120. The third kappa shape index (κ3) is 4.62. The molecular formula is C17H22N6O2. The Kier molecular flexibility index (Phi) is 5.71. The second-order valence-electron chi connectivity index (χ2n) is 6.10. The largest absolute Gasteiger partial charge is 0.352 e. The van der Waals surface area contributed by atoms with Crippen LogP contribution in [0.25, 0.3) is 5.69 Å². The van der Waals surface area contributed by atoms with Crippen molar-refractivity contribution in [2.24, 2.45) is 0 Å². The van der Waals surface area contributed by atoms with Crippen molar-refractivity contribution in [1.82, 2.24) is 30.4 Å². The van der Waals surface area contributed by atoms with Gasteiger partial charge in [-0.3, -0.25) is 9.59 Å². The van der Waals surface area contributed by atoms with Crippen LogP contribution in [0.1, 0.15) is 42.5 Å². The van der Waals surface area contributed by atoms with Crippen molar-refractivity contribution in [3.05, 3.63) is 36.2 Å². The van der Waals surface area contributed by atoms with Crippen molar-refractivity contribution in [2.45, 2.75) is 32.1 Å². The van der Waals surface area contributed by atoms with Crippen LogP contribution in [0, 0.1) is 0 Å². The van der Waals surface area contributed by atoms with Gasteiger partial charge in [0.15, 0.2) is 0 Å². The molecule has 132 valence electrons. The number of benzene rings is 1. The topological polar surface area (TPSA) is 93.0 Å². The number of hydrogen-bond donors (Lipinski definition) is 1. The van der Waals surface area contributed by atoms with E-state index < -0.39 is 0 Å². The number of tetrazole rings is 1. The molecule has 0 aliphatic carbocycles.